The molecule has 18 heavy (non-hydrogen) atoms. The summed E-state index contributed by atoms with van der Waals surface area (Å²) in [7, 11) is 1.96. The van der Waals surface area contributed by atoms with Crippen molar-refractivity contribution in [2.75, 3.05) is 25.1 Å². The molecule has 0 saturated heterocycles. The SMILES string of the molecule is CCNC(C)c1ccc(N(C)C(C)CO)cc1Cl. The lowest BCUT2D eigenvalue weighted by Gasteiger charge is -2.26. The number of nitrogens with zero attached hydrogens (tertiary/aromatic N) is 1. The Bertz CT molecular complexity index is 384. The molecule has 0 heterocycles. The second kappa shape index (κ2) is 6.98. The summed E-state index contributed by atoms with van der Waals surface area (Å²) < 4.78 is 0. The zero-order valence-electron chi connectivity index (χ0n) is 11.6. The van der Waals surface area contributed by atoms with Crippen LogP contribution in [0, 0.1) is 0 Å². The molecule has 0 aliphatic carbocycles. The monoisotopic (exact) mass is 270 g/mol. The first-order chi connectivity index (χ1) is 8.51. The minimum Gasteiger partial charge on any atom is -0.394 e. The molecule has 0 aliphatic heterocycles. The number of nitrogens with one attached hydrogen (secondary N) is 1. The van der Waals surface area contributed by atoms with Gasteiger partial charge in [0.05, 0.1) is 6.61 Å². The molecule has 102 valence electrons. The number of rotatable bonds is 6. The largest absolute Gasteiger partial charge is 0.394 e. The predicted molar refractivity (Wildman–Crippen MR) is 78.5 cm³/mol. The number of anilines is 1. The van der Waals surface area contributed by atoms with Gasteiger partial charge < -0.3 is 15.3 Å². The van der Waals surface area contributed by atoms with Crippen molar-refractivity contribution in [3.63, 3.8) is 0 Å². The van der Waals surface area contributed by atoms with Crippen LogP contribution in [0.4, 0.5) is 5.69 Å². The number of aliphatic hydroxyl groups is 1. The molecule has 0 radical (unpaired) electrons. The molecule has 0 spiro atoms. The summed E-state index contributed by atoms with van der Waals surface area (Å²) in [5.41, 5.74) is 2.13. The molecule has 0 fully saturated rings. The summed E-state index contributed by atoms with van der Waals surface area (Å²) >= 11 is 6.32. The Morgan fingerprint density at radius 1 is 1.39 bits per heavy atom. The number of aliphatic hydroxyl groups excluding tert-OH is 1. The van der Waals surface area contributed by atoms with Gasteiger partial charge in [-0.05, 0) is 38.1 Å². The Morgan fingerprint density at radius 2 is 2.06 bits per heavy atom. The minimum absolute atomic E-state index is 0.0816. The lowest BCUT2D eigenvalue weighted by atomic mass is 10.1. The van der Waals surface area contributed by atoms with Crippen molar-refractivity contribution in [1.29, 1.82) is 0 Å². The summed E-state index contributed by atoms with van der Waals surface area (Å²) in [6.45, 7) is 7.20. The molecule has 0 saturated carbocycles. The van der Waals surface area contributed by atoms with Gasteiger partial charge in [-0.25, -0.2) is 0 Å². The van der Waals surface area contributed by atoms with E-state index in [0.29, 0.717) is 0 Å². The van der Waals surface area contributed by atoms with Crippen LogP contribution in [0.5, 0.6) is 0 Å². The van der Waals surface area contributed by atoms with Crippen molar-refractivity contribution in [1.82, 2.24) is 5.32 Å². The van der Waals surface area contributed by atoms with E-state index < -0.39 is 0 Å². The van der Waals surface area contributed by atoms with E-state index in [0.717, 1.165) is 22.8 Å². The quantitative estimate of drug-likeness (QED) is 0.834. The maximum atomic E-state index is 9.16. The van der Waals surface area contributed by atoms with Crippen LogP contribution in [-0.4, -0.2) is 31.3 Å². The van der Waals surface area contributed by atoms with Gasteiger partial charge in [-0.2, -0.15) is 0 Å². The third-order valence-corrected chi connectivity index (χ3v) is 3.62. The van der Waals surface area contributed by atoms with Crippen molar-refractivity contribution < 1.29 is 5.11 Å². The van der Waals surface area contributed by atoms with Gasteiger partial charge in [-0.3, -0.25) is 0 Å². The molecule has 2 N–H and O–H groups in total. The number of hydrogen-bond acceptors (Lipinski definition) is 3. The Morgan fingerprint density at radius 3 is 2.56 bits per heavy atom. The third kappa shape index (κ3) is 3.61. The van der Waals surface area contributed by atoms with E-state index in [1.54, 1.807) is 0 Å². The predicted octanol–water partition coefficient (Wildman–Crippen LogP) is 2.83. The number of benzene rings is 1. The fraction of sp³-hybridized carbons (Fsp3) is 0.571. The topological polar surface area (TPSA) is 35.5 Å². The maximum Gasteiger partial charge on any atom is 0.0632 e. The van der Waals surface area contributed by atoms with Crippen LogP contribution in [0.25, 0.3) is 0 Å². The lowest BCUT2D eigenvalue weighted by Crippen LogP contribution is -2.31. The van der Waals surface area contributed by atoms with E-state index in [1.165, 1.54) is 0 Å². The Hall–Kier alpha value is -0.770. The van der Waals surface area contributed by atoms with Crippen molar-refractivity contribution >= 4 is 17.3 Å². The second-order valence-electron chi connectivity index (χ2n) is 4.63. The molecule has 1 aromatic carbocycles. The first-order valence-electron chi connectivity index (χ1n) is 6.37. The minimum atomic E-state index is 0.0816. The highest BCUT2D eigenvalue weighted by Gasteiger charge is 2.13. The highest BCUT2D eigenvalue weighted by Crippen LogP contribution is 2.28. The highest BCUT2D eigenvalue weighted by molar-refractivity contribution is 6.31. The number of hydrogen-bond donors (Lipinski definition) is 2. The van der Waals surface area contributed by atoms with Gasteiger partial charge in [0.25, 0.3) is 0 Å². The summed E-state index contributed by atoms with van der Waals surface area (Å²) in [4.78, 5) is 2.02. The molecule has 2 unspecified atom stereocenters. The lowest BCUT2D eigenvalue weighted by molar-refractivity contribution is 0.270. The second-order valence-corrected chi connectivity index (χ2v) is 5.03. The Balaban J connectivity index is 2.91. The standard InChI is InChI=1S/C14H23ClN2O/c1-5-16-11(3)13-7-6-12(8-14(13)15)17(4)10(2)9-18/h6-8,10-11,16,18H,5,9H2,1-4H3. The Kier molecular flexibility index (Phi) is 5.93. The number of likely N-dealkylation sites (N-methyl/N-ethyl adjacent to an activating group) is 1. The average molecular weight is 271 g/mol. The fourth-order valence-electron chi connectivity index (χ4n) is 1.88. The third-order valence-electron chi connectivity index (χ3n) is 3.29. The van der Waals surface area contributed by atoms with Gasteiger partial charge in [0.1, 0.15) is 0 Å². The average Bonchev–Trinajstić information content (AvgIpc) is 2.36. The molecule has 0 aromatic heterocycles. The summed E-state index contributed by atoms with van der Waals surface area (Å²) in [6, 6.07) is 6.37. The van der Waals surface area contributed by atoms with Gasteiger partial charge in [0.15, 0.2) is 0 Å². The van der Waals surface area contributed by atoms with Crippen molar-refractivity contribution in [3.05, 3.63) is 28.8 Å². The van der Waals surface area contributed by atoms with Crippen LogP contribution in [0.2, 0.25) is 5.02 Å². The van der Waals surface area contributed by atoms with Gasteiger partial charge in [0, 0.05) is 29.8 Å². The van der Waals surface area contributed by atoms with E-state index in [2.05, 4.69) is 19.2 Å². The molecular weight excluding hydrogens is 248 g/mol. The van der Waals surface area contributed by atoms with E-state index >= 15 is 0 Å². The summed E-state index contributed by atoms with van der Waals surface area (Å²) in [5.74, 6) is 0. The van der Waals surface area contributed by atoms with Crippen LogP contribution in [0.1, 0.15) is 32.4 Å². The van der Waals surface area contributed by atoms with Crippen molar-refractivity contribution in [2.45, 2.75) is 32.9 Å². The van der Waals surface area contributed by atoms with Gasteiger partial charge in [-0.1, -0.05) is 24.6 Å². The molecule has 3 nitrogen and oxygen atoms in total. The Labute approximate surface area is 115 Å². The molecular formula is C14H23ClN2O. The van der Waals surface area contributed by atoms with Crippen LogP contribution >= 0.6 is 11.6 Å². The molecule has 2 atom stereocenters. The molecule has 4 heteroatoms. The zero-order valence-corrected chi connectivity index (χ0v) is 12.3. The molecule has 0 bridgehead atoms. The van der Waals surface area contributed by atoms with Crippen LogP contribution in [-0.2, 0) is 0 Å². The molecule has 1 rings (SSSR count). The van der Waals surface area contributed by atoms with E-state index in [4.69, 9.17) is 16.7 Å². The molecule has 0 amide bonds. The fourth-order valence-corrected chi connectivity index (χ4v) is 2.22. The highest BCUT2D eigenvalue weighted by atomic mass is 35.5. The smallest absolute Gasteiger partial charge is 0.0632 e. The van der Waals surface area contributed by atoms with Gasteiger partial charge in [-0.15, -0.1) is 0 Å². The summed E-state index contributed by atoms with van der Waals surface area (Å²) in [5, 5.41) is 13.3. The maximum absolute atomic E-state index is 9.16. The van der Waals surface area contributed by atoms with Gasteiger partial charge >= 0.3 is 0 Å². The van der Waals surface area contributed by atoms with Crippen molar-refractivity contribution in [3.8, 4) is 0 Å². The van der Waals surface area contributed by atoms with Crippen molar-refractivity contribution in [2.24, 2.45) is 0 Å². The normalized spacial score (nSPS) is 14.3. The first kappa shape index (κ1) is 15.3. The van der Waals surface area contributed by atoms with E-state index in [1.807, 2.05) is 37.1 Å². The number of halogens is 1. The molecule has 1 aromatic rings. The summed E-state index contributed by atoms with van der Waals surface area (Å²) in [6.07, 6.45) is 0. The zero-order chi connectivity index (χ0) is 13.7. The van der Waals surface area contributed by atoms with Crippen LogP contribution < -0.4 is 10.2 Å². The van der Waals surface area contributed by atoms with Gasteiger partial charge in [0.2, 0.25) is 0 Å². The van der Waals surface area contributed by atoms with Crippen LogP contribution in [0.3, 0.4) is 0 Å². The first-order valence-corrected chi connectivity index (χ1v) is 6.75. The molecule has 0 aliphatic rings. The van der Waals surface area contributed by atoms with E-state index in [9.17, 15) is 0 Å². The van der Waals surface area contributed by atoms with E-state index in [-0.39, 0.29) is 18.7 Å². The van der Waals surface area contributed by atoms with Crippen LogP contribution in [0.15, 0.2) is 18.2 Å².